The van der Waals surface area contributed by atoms with E-state index in [1.807, 2.05) is 0 Å². The topological polar surface area (TPSA) is 119 Å². The van der Waals surface area contributed by atoms with E-state index >= 15 is 0 Å². The van der Waals surface area contributed by atoms with Crippen molar-refractivity contribution in [2.75, 3.05) is 31.8 Å². The van der Waals surface area contributed by atoms with Crippen LogP contribution in [0.4, 0.5) is 5.00 Å². The predicted octanol–water partition coefficient (Wildman–Crippen LogP) is 1.82. The lowest BCUT2D eigenvalue weighted by Gasteiger charge is -2.12. The van der Waals surface area contributed by atoms with E-state index in [4.69, 9.17) is 10.5 Å². The van der Waals surface area contributed by atoms with Gasteiger partial charge in [0, 0.05) is 19.0 Å². The Morgan fingerprint density at radius 3 is 2.54 bits per heavy atom. The Labute approximate surface area is 170 Å². The fourth-order valence-electron chi connectivity index (χ4n) is 2.00. The molecule has 0 atom stereocenters. The number of ether oxygens (including phenoxy) is 1. The summed E-state index contributed by atoms with van der Waals surface area (Å²) >= 11 is 2.35. The molecule has 3 N–H and O–H groups in total. The van der Waals surface area contributed by atoms with Crippen molar-refractivity contribution in [2.45, 2.75) is 4.90 Å². The predicted molar refractivity (Wildman–Crippen MR) is 108 cm³/mol. The van der Waals surface area contributed by atoms with Crippen molar-refractivity contribution in [1.29, 1.82) is 0 Å². The number of carbonyl (C=O) groups excluding carboxylic acids is 4. The number of benzene rings is 1. The highest BCUT2D eigenvalue weighted by Gasteiger charge is 2.17. The van der Waals surface area contributed by atoms with Crippen molar-refractivity contribution < 1.29 is 23.9 Å². The molecule has 0 unspecified atom stereocenters. The molecule has 3 amide bonds. The molecule has 1 aromatic heterocycles. The summed E-state index contributed by atoms with van der Waals surface area (Å²) in [6, 6.07) is 8.17. The fourth-order valence-corrected chi connectivity index (χ4v) is 3.83. The molecule has 0 fully saturated rings. The van der Waals surface area contributed by atoms with Crippen molar-refractivity contribution in [3.05, 3.63) is 46.8 Å². The van der Waals surface area contributed by atoms with Crippen LogP contribution < -0.4 is 11.1 Å². The average molecular weight is 422 g/mol. The van der Waals surface area contributed by atoms with Crippen molar-refractivity contribution in [2.24, 2.45) is 5.73 Å². The molecular formula is C18H19N3O5S2. The van der Waals surface area contributed by atoms with Gasteiger partial charge in [-0.2, -0.15) is 0 Å². The molecular weight excluding hydrogens is 402 g/mol. The highest BCUT2D eigenvalue weighted by molar-refractivity contribution is 8.00. The minimum Gasteiger partial charge on any atom is -0.452 e. The van der Waals surface area contributed by atoms with Crippen LogP contribution in [0.3, 0.4) is 0 Å². The Bertz CT molecular complexity index is 895. The summed E-state index contributed by atoms with van der Waals surface area (Å²) < 4.78 is 5.06. The van der Waals surface area contributed by atoms with Crippen LogP contribution in [0.2, 0.25) is 0 Å². The summed E-state index contributed by atoms with van der Waals surface area (Å²) in [5, 5.41) is 4.41. The first kappa shape index (κ1) is 21.5. The number of hydrogen-bond acceptors (Lipinski definition) is 7. The number of nitrogens with one attached hydrogen (secondary N) is 1. The maximum absolute atomic E-state index is 12.3. The molecule has 8 nitrogen and oxygen atoms in total. The van der Waals surface area contributed by atoms with Gasteiger partial charge in [-0.3, -0.25) is 14.4 Å². The number of thioether (sulfide) groups is 1. The molecule has 28 heavy (non-hydrogen) atoms. The summed E-state index contributed by atoms with van der Waals surface area (Å²) in [6.45, 7) is -0.523. The maximum Gasteiger partial charge on any atom is 0.339 e. The van der Waals surface area contributed by atoms with Gasteiger partial charge in [-0.25, -0.2) is 4.79 Å². The van der Waals surface area contributed by atoms with Crippen molar-refractivity contribution >= 4 is 51.8 Å². The summed E-state index contributed by atoms with van der Waals surface area (Å²) in [5.74, 6) is -1.85. The molecule has 2 rings (SSSR count). The first-order valence-electron chi connectivity index (χ1n) is 8.06. The Morgan fingerprint density at radius 2 is 1.86 bits per heavy atom. The van der Waals surface area contributed by atoms with Crippen molar-refractivity contribution in [3.63, 3.8) is 0 Å². The second-order valence-corrected chi connectivity index (χ2v) is 7.66. The monoisotopic (exact) mass is 421 g/mol. The standard InChI is InChI=1S/C18H19N3O5S2/c1-21(2)15(23)10-28-13-6-4-3-5-11(13)18(25)26-9-14(22)20-17-12(16(19)24)7-8-27-17/h3-8H,9-10H2,1-2H3,(H2,19,24)(H,20,22). The Balaban J connectivity index is 1.95. The molecule has 0 saturated carbocycles. The summed E-state index contributed by atoms with van der Waals surface area (Å²) in [6.07, 6.45) is 0. The van der Waals surface area contributed by atoms with Crippen LogP contribution in [0.15, 0.2) is 40.6 Å². The van der Waals surface area contributed by atoms with Crippen molar-refractivity contribution in [3.8, 4) is 0 Å². The van der Waals surface area contributed by atoms with Crippen LogP contribution in [-0.2, 0) is 14.3 Å². The Kier molecular flexibility index (Phi) is 7.59. The molecule has 0 radical (unpaired) electrons. The van der Waals surface area contributed by atoms with Crippen LogP contribution >= 0.6 is 23.1 Å². The third-order valence-corrected chi connectivity index (χ3v) is 5.36. The van der Waals surface area contributed by atoms with Gasteiger partial charge in [0.1, 0.15) is 5.00 Å². The van der Waals surface area contributed by atoms with Crippen LogP contribution in [0.25, 0.3) is 0 Å². The molecule has 0 spiro atoms. The highest BCUT2D eigenvalue weighted by Crippen LogP contribution is 2.24. The van der Waals surface area contributed by atoms with Crippen LogP contribution in [-0.4, -0.2) is 55.0 Å². The van der Waals surface area contributed by atoms with E-state index in [-0.39, 0.29) is 22.8 Å². The van der Waals surface area contributed by atoms with E-state index < -0.39 is 24.4 Å². The van der Waals surface area contributed by atoms with Gasteiger partial charge in [0.05, 0.1) is 16.9 Å². The average Bonchev–Trinajstić information content (AvgIpc) is 3.12. The normalized spacial score (nSPS) is 10.2. The number of hydrogen-bond donors (Lipinski definition) is 2. The zero-order valence-electron chi connectivity index (χ0n) is 15.3. The molecule has 0 aliphatic rings. The second-order valence-electron chi connectivity index (χ2n) is 5.72. The van der Waals surface area contributed by atoms with Gasteiger partial charge in [-0.05, 0) is 23.6 Å². The number of primary amides is 1. The first-order chi connectivity index (χ1) is 13.3. The smallest absolute Gasteiger partial charge is 0.339 e. The molecule has 0 aliphatic heterocycles. The minimum absolute atomic E-state index is 0.0891. The van der Waals surface area contributed by atoms with E-state index in [2.05, 4.69) is 5.32 Å². The molecule has 0 bridgehead atoms. The van der Waals surface area contributed by atoms with E-state index in [9.17, 15) is 19.2 Å². The van der Waals surface area contributed by atoms with Crippen LogP contribution in [0.5, 0.6) is 0 Å². The number of amides is 3. The maximum atomic E-state index is 12.3. The Hall–Kier alpha value is -2.85. The van der Waals surface area contributed by atoms with Gasteiger partial charge in [-0.15, -0.1) is 23.1 Å². The zero-order valence-corrected chi connectivity index (χ0v) is 16.9. The lowest BCUT2D eigenvalue weighted by Crippen LogP contribution is -2.24. The second kappa shape index (κ2) is 9.90. The van der Waals surface area contributed by atoms with Crippen LogP contribution in [0, 0.1) is 0 Å². The number of carbonyl (C=O) groups is 4. The van der Waals surface area contributed by atoms with Crippen molar-refractivity contribution in [1.82, 2.24) is 4.90 Å². The third-order valence-electron chi connectivity index (χ3n) is 3.47. The van der Waals surface area contributed by atoms with Gasteiger partial charge < -0.3 is 20.7 Å². The summed E-state index contributed by atoms with van der Waals surface area (Å²) in [4.78, 5) is 49.4. The van der Waals surface area contributed by atoms with Gasteiger partial charge in [0.25, 0.3) is 11.8 Å². The lowest BCUT2D eigenvalue weighted by molar-refractivity contribution is -0.125. The quantitative estimate of drug-likeness (QED) is 0.496. The zero-order chi connectivity index (χ0) is 20.7. The molecule has 1 heterocycles. The number of esters is 1. The van der Waals surface area contributed by atoms with Gasteiger partial charge in [-0.1, -0.05) is 12.1 Å². The van der Waals surface area contributed by atoms with E-state index in [1.54, 1.807) is 43.7 Å². The molecule has 1 aromatic carbocycles. The molecule has 0 saturated heterocycles. The van der Waals surface area contributed by atoms with E-state index in [0.717, 1.165) is 11.3 Å². The number of rotatable bonds is 8. The largest absolute Gasteiger partial charge is 0.452 e. The molecule has 0 aliphatic carbocycles. The molecule has 10 heteroatoms. The van der Waals surface area contributed by atoms with Crippen LogP contribution in [0.1, 0.15) is 20.7 Å². The fraction of sp³-hybridized carbons (Fsp3) is 0.222. The first-order valence-corrected chi connectivity index (χ1v) is 9.92. The molecule has 148 valence electrons. The summed E-state index contributed by atoms with van der Waals surface area (Å²) in [5.41, 5.74) is 5.68. The Morgan fingerprint density at radius 1 is 1.14 bits per heavy atom. The van der Waals surface area contributed by atoms with Gasteiger partial charge in [0.2, 0.25) is 5.91 Å². The lowest BCUT2D eigenvalue weighted by atomic mass is 10.2. The number of thiophene rings is 1. The number of nitrogens with two attached hydrogens (primary N) is 1. The highest BCUT2D eigenvalue weighted by atomic mass is 32.2. The number of anilines is 1. The summed E-state index contributed by atoms with van der Waals surface area (Å²) in [7, 11) is 3.30. The van der Waals surface area contributed by atoms with Gasteiger partial charge in [0.15, 0.2) is 6.61 Å². The number of nitrogens with zero attached hydrogens (tertiary/aromatic N) is 1. The van der Waals surface area contributed by atoms with Gasteiger partial charge >= 0.3 is 5.97 Å². The third kappa shape index (κ3) is 5.83. The van der Waals surface area contributed by atoms with E-state index in [0.29, 0.717) is 9.90 Å². The molecule has 2 aromatic rings. The SMILES string of the molecule is CN(C)C(=O)CSc1ccccc1C(=O)OCC(=O)Nc1sccc1C(N)=O. The minimum atomic E-state index is -0.683. The van der Waals surface area contributed by atoms with E-state index in [1.165, 1.54) is 22.7 Å².